The maximum Gasteiger partial charge on any atom is 0.330 e. The SMILES string of the molecule is C/C=C/C(=O)OCC/C=C\CCCCCCCC. The highest BCUT2D eigenvalue weighted by Crippen LogP contribution is 2.07. The van der Waals surface area contributed by atoms with Crippen LogP contribution in [0.2, 0.25) is 0 Å². The molecule has 0 atom stereocenters. The number of unbranched alkanes of at least 4 members (excludes halogenated alkanes) is 6. The highest BCUT2D eigenvalue weighted by molar-refractivity contribution is 5.81. The zero-order valence-electron chi connectivity index (χ0n) is 12.0. The Kier molecular flexibility index (Phi) is 13.2. The molecule has 0 saturated carbocycles. The fourth-order valence-corrected chi connectivity index (χ4v) is 1.69. The van der Waals surface area contributed by atoms with Gasteiger partial charge in [-0.25, -0.2) is 4.79 Å². The smallest absolute Gasteiger partial charge is 0.330 e. The van der Waals surface area contributed by atoms with Gasteiger partial charge >= 0.3 is 5.97 Å². The summed E-state index contributed by atoms with van der Waals surface area (Å²) in [6, 6.07) is 0. The maximum atomic E-state index is 11.0. The molecule has 0 aromatic rings. The van der Waals surface area contributed by atoms with Gasteiger partial charge in [-0.2, -0.15) is 0 Å². The quantitative estimate of drug-likeness (QED) is 0.228. The molecule has 0 unspecified atom stereocenters. The van der Waals surface area contributed by atoms with Crippen LogP contribution >= 0.6 is 0 Å². The van der Waals surface area contributed by atoms with Gasteiger partial charge in [0.2, 0.25) is 0 Å². The van der Waals surface area contributed by atoms with Gasteiger partial charge in [-0.3, -0.25) is 0 Å². The van der Waals surface area contributed by atoms with Gasteiger partial charge in [0.05, 0.1) is 6.61 Å². The van der Waals surface area contributed by atoms with Gasteiger partial charge in [-0.15, -0.1) is 0 Å². The predicted molar refractivity (Wildman–Crippen MR) is 77.5 cm³/mol. The van der Waals surface area contributed by atoms with Crippen LogP contribution in [0.15, 0.2) is 24.3 Å². The van der Waals surface area contributed by atoms with Crippen LogP contribution in [-0.2, 0) is 9.53 Å². The van der Waals surface area contributed by atoms with E-state index in [0.717, 1.165) is 12.8 Å². The summed E-state index contributed by atoms with van der Waals surface area (Å²) < 4.78 is 4.98. The lowest BCUT2D eigenvalue weighted by Gasteiger charge is -1.99. The molecular weight excluding hydrogens is 224 g/mol. The summed E-state index contributed by atoms with van der Waals surface area (Å²) in [5.74, 6) is -0.248. The van der Waals surface area contributed by atoms with Crippen molar-refractivity contribution in [2.45, 2.75) is 65.2 Å². The standard InChI is InChI=1S/C16H28O2/c1-3-5-6-7-8-9-10-11-12-13-15-18-16(17)14-4-2/h4,11-12,14H,3,5-10,13,15H2,1-2H3/b12-11-,14-4+. The third-order valence-electron chi connectivity index (χ3n) is 2.72. The van der Waals surface area contributed by atoms with E-state index in [0.29, 0.717) is 6.61 Å². The zero-order valence-corrected chi connectivity index (χ0v) is 12.0. The Morgan fingerprint density at radius 1 is 1.00 bits per heavy atom. The minimum absolute atomic E-state index is 0.248. The number of ether oxygens (including phenoxy) is 1. The van der Waals surface area contributed by atoms with E-state index < -0.39 is 0 Å². The first-order valence-electron chi connectivity index (χ1n) is 7.25. The molecule has 0 aromatic carbocycles. The van der Waals surface area contributed by atoms with Crippen LogP contribution in [0.4, 0.5) is 0 Å². The zero-order chi connectivity index (χ0) is 13.5. The normalized spacial score (nSPS) is 11.4. The molecule has 0 heterocycles. The third-order valence-corrected chi connectivity index (χ3v) is 2.72. The lowest BCUT2D eigenvalue weighted by Crippen LogP contribution is -2.00. The van der Waals surface area contributed by atoms with Crippen molar-refractivity contribution in [2.24, 2.45) is 0 Å². The van der Waals surface area contributed by atoms with Crippen molar-refractivity contribution in [1.82, 2.24) is 0 Å². The number of carbonyl (C=O) groups excluding carboxylic acids is 1. The molecule has 0 amide bonds. The van der Waals surface area contributed by atoms with Crippen molar-refractivity contribution >= 4 is 5.97 Å². The molecule has 0 bridgehead atoms. The highest BCUT2D eigenvalue weighted by atomic mass is 16.5. The molecule has 2 nitrogen and oxygen atoms in total. The van der Waals surface area contributed by atoms with Crippen LogP contribution in [0.1, 0.15) is 65.2 Å². The van der Waals surface area contributed by atoms with Crippen molar-refractivity contribution in [3.8, 4) is 0 Å². The number of hydrogen-bond donors (Lipinski definition) is 0. The van der Waals surface area contributed by atoms with E-state index in [4.69, 9.17) is 4.74 Å². The molecular formula is C16H28O2. The summed E-state index contributed by atoms with van der Waals surface area (Å²) >= 11 is 0. The van der Waals surface area contributed by atoms with Crippen LogP contribution in [0.25, 0.3) is 0 Å². The van der Waals surface area contributed by atoms with E-state index in [1.165, 1.54) is 44.6 Å². The van der Waals surface area contributed by atoms with E-state index in [-0.39, 0.29) is 5.97 Å². The second kappa shape index (κ2) is 14.0. The van der Waals surface area contributed by atoms with E-state index in [9.17, 15) is 4.79 Å². The first kappa shape index (κ1) is 16.9. The van der Waals surface area contributed by atoms with E-state index >= 15 is 0 Å². The van der Waals surface area contributed by atoms with Gasteiger partial charge in [0.1, 0.15) is 0 Å². The second-order valence-electron chi connectivity index (χ2n) is 4.48. The third kappa shape index (κ3) is 13.0. The summed E-state index contributed by atoms with van der Waals surface area (Å²) in [4.78, 5) is 11.0. The molecule has 0 rings (SSSR count). The molecule has 0 aliphatic rings. The van der Waals surface area contributed by atoms with Gasteiger partial charge in [-0.1, -0.05) is 57.3 Å². The fourth-order valence-electron chi connectivity index (χ4n) is 1.69. The van der Waals surface area contributed by atoms with Crippen LogP contribution < -0.4 is 0 Å². The minimum Gasteiger partial charge on any atom is -0.462 e. The molecule has 104 valence electrons. The summed E-state index contributed by atoms with van der Waals surface area (Å²) in [5.41, 5.74) is 0. The topological polar surface area (TPSA) is 26.3 Å². The summed E-state index contributed by atoms with van der Waals surface area (Å²) in [6.45, 7) is 4.53. The van der Waals surface area contributed by atoms with Gasteiger partial charge in [-0.05, 0) is 26.2 Å². The molecule has 0 aliphatic carbocycles. The number of hydrogen-bond acceptors (Lipinski definition) is 2. The largest absolute Gasteiger partial charge is 0.462 e. The Balaban J connectivity index is 3.21. The maximum absolute atomic E-state index is 11.0. The second-order valence-corrected chi connectivity index (χ2v) is 4.48. The van der Waals surface area contributed by atoms with Crippen molar-refractivity contribution < 1.29 is 9.53 Å². The Bertz CT molecular complexity index is 241. The molecule has 0 fully saturated rings. The van der Waals surface area contributed by atoms with E-state index in [2.05, 4.69) is 19.1 Å². The van der Waals surface area contributed by atoms with Gasteiger partial charge in [0.15, 0.2) is 0 Å². The molecule has 0 aliphatic heterocycles. The minimum atomic E-state index is -0.248. The molecule has 0 spiro atoms. The Morgan fingerprint density at radius 2 is 1.67 bits per heavy atom. The lowest BCUT2D eigenvalue weighted by atomic mass is 10.1. The van der Waals surface area contributed by atoms with Gasteiger partial charge < -0.3 is 4.74 Å². The van der Waals surface area contributed by atoms with Crippen LogP contribution in [0.3, 0.4) is 0 Å². The molecule has 0 saturated heterocycles. The molecule has 0 radical (unpaired) electrons. The monoisotopic (exact) mass is 252 g/mol. The number of allylic oxidation sites excluding steroid dienone is 2. The first-order valence-corrected chi connectivity index (χ1v) is 7.25. The molecule has 0 N–H and O–H groups in total. The Morgan fingerprint density at radius 3 is 2.39 bits per heavy atom. The highest BCUT2D eigenvalue weighted by Gasteiger charge is 1.93. The predicted octanol–water partition coefficient (Wildman–Crippen LogP) is 4.80. The van der Waals surface area contributed by atoms with Gasteiger partial charge in [0, 0.05) is 6.08 Å². The van der Waals surface area contributed by atoms with Crippen molar-refractivity contribution in [3.63, 3.8) is 0 Å². The Hall–Kier alpha value is -1.05. The van der Waals surface area contributed by atoms with Gasteiger partial charge in [0.25, 0.3) is 0 Å². The van der Waals surface area contributed by atoms with Crippen LogP contribution in [-0.4, -0.2) is 12.6 Å². The summed E-state index contributed by atoms with van der Waals surface area (Å²) in [6.07, 6.45) is 17.4. The molecule has 2 heteroatoms. The lowest BCUT2D eigenvalue weighted by molar-refractivity contribution is -0.137. The van der Waals surface area contributed by atoms with Crippen LogP contribution in [0, 0.1) is 0 Å². The number of rotatable bonds is 11. The van der Waals surface area contributed by atoms with Crippen LogP contribution in [0.5, 0.6) is 0 Å². The first-order chi connectivity index (χ1) is 8.81. The summed E-state index contributed by atoms with van der Waals surface area (Å²) in [5, 5.41) is 0. The summed E-state index contributed by atoms with van der Waals surface area (Å²) in [7, 11) is 0. The van der Waals surface area contributed by atoms with Crippen molar-refractivity contribution in [3.05, 3.63) is 24.3 Å². The average molecular weight is 252 g/mol. The number of carbonyl (C=O) groups is 1. The number of esters is 1. The van der Waals surface area contributed by atoms with Crippen molar-refractivity contribution in [2.75, 3.05) is 6.61 Å². The average Bonchev–Trinajstić information content (AvgIpc) is 2.36. The van der Waals surface area contributed by atoms with Crippen molar-refractivity contribution in [1.29, 1.82) is 0 Å². The molecule has 0 aromatic heterocycles. The van der Waals surface area contributed by atoms with E-state index in [1.54, 1.807) is 6.08 Å². The Labute approximate surface area is 112 Å². The molecule has 18 heavy (non-hydrogen) atoms. The fraction of sp³-hybridized carbons (Fsp3) is 0.688. The van der Waals surface area contributed by atoms with E-state index in [1.807, 2.05) is 6.92 Å².